The fourth-order valence-electron chi connectivity index (χ4n) is 1.41. The minimum atomic E-state index is -4.96. The molecule has 0 aliphatic heterocycles. The van der Waals surface area contributed by atoms with Crippen LogP contribution in [0.5, 0.6) is 11.6 Å². The van der Waals surface area contributed by atoms with Crippen LogP contribution in [-0.4, -0.2) is 31.0 Å². The van der Waals surface area contributed by atoms with Gasteiger partial charge in [0.1, 0.15) is 5.75 Å². The molecule has 0 fully saturated rings. The number of carbonyl (C=O) groups excluding carboxylic acids is 1. The van der Waals surface area contributed by atoms with Crippen LogP contribution in [0.4, 0.5) is 13.2 Å². The van der Waals surface area contributed by atoms with Gasteiger partial charge in [0, 0.05) is 11.8 Å². The van der Waals surface area contributed by atoms with E-state index in [9.17, 15) is 18.0 Å². The van der Waals surface area contributed by atoms with Crippen LogP contribution in [0.2, 0.25) is 0 Å². The van der Waals surface area contributed by atoms with Gasteiger partial charge in [0.25, 0.3) is 0 Å². The van der Waals surface area contributed by atoms with Crippen LogP contribution >= 0.6 is 0 Å². The zero-order chi connectivity index (χ0) is 14.6. The Morgan fingerprint density at radius 1 is 1.42 bits per heavy atom. The average Bonchev–Trinajstić information content (AvgIpc) is 2.29. The Bertz CT molecular complexity index is 474. The summed E-state index contributed by atoms with van der Waals surface area (Å²) in [7, 11) is 1.22. The normalized spacial score (nSPS) is 11.1. The molecule has 19 heavy (non-hydrogen) atoms. The van der Waals surface area contributed by atoms with Crippen LogP contribution in [0.3, 0.4) is 0 Å². The Kier molecular flexibility index (Phi) is 4.57. The summed E-state index contributed by atoms with van der Waals surface area (Å²) >= 11 is 0. The lowest BCUT2D eigenvalue weighted by molar-refractivity contribution is -0.276. The third-order valence-electron chi connectivity index (χ3n) is 2.07. The summed E-state index contributed by atoms with van der Waals surface area (Å²) in [5.74, 6) is -1.95. The van der Waals surface area contributed by atoms with E-state index in [-0.39, 0.29) is 12.4 Å². The summed E-state index contributed by atoms with van der Waals surface area (Å²) in [6.45, 7) is 3.06. The molecule has 106 valence electrons. The largest absolute Gasteiger partial charge is 0.574 e. The van der Waals surface area contributed by atoms with Crippen LogP contribution in [0, 0.1) is 6.92 Å². The summed E-state index contributed by atoms with van der Waals surface area (Å²) in [4.78, 5) is 15.1. The SMILES string of the molecule is CCOC(=O)c1c(OC(F)(F)F)ncc(C)c1OC. The summed E-state index contributed by atoms with van der Waals surface area (Å²) in [5.41, 5.74) is -0.0956. The summed E-state index contributed by atoms with van der Waals surface area (Å²) in [6.07, 6.45) is -3.85. The lowest BCUT2D eigenvalue weighted by atomic mass is 10.2. The molecule has 0 unspecified atom stereocenters. The van der Waals surface area contributed by atoms with E-state index in [1.807, 2.05) is 0 Å². The number of nitrogens with zero attached hydrogens (tertiary/aromatic N) is 1. The van der Waals surface area contributed by atoms with E-state index in [1.165, 1.54) is 21.0 Å². The van der Waals surface area contributed by atoms with Gasteiger partial charge in [-0.15, -0.1) is 13.2 Å². The van der Waals surface area contributed by atoms with Crippen LogP contribution in [0.15, 0.2) is 6.20 Å². The highest BCUT2D eigenvalue weighted by molar-refractivity contribution is 5.95. The second-order valence-corrected chi connectivity index (χ2v) is 3.42. The van der Waals surface area contributed by atoms with Crippen LogP contribution in [0.1, 0.15) is 22.8 Å². The first-order valence-electron chi connectivity index (χ1n) is 5.26. The Labute approximate surface area is 107 Å². The van der Waals surface area contributed by atoms with Crippen LogP contribution < -0.4 is 9.47 Å². The minimum Gasteiger partial charge on any atom is -0.495 e. The zero-order valence-corrected chi connectivity index (χ0v) is 10.5. The molecule has 0 bridgehead atoms. The molecular formula is C11H12F3NO4. The van der Waals surface area contributed by atoms with Crippen molar-refractivity contribution in [1.29, 1.82) is 0 Å². The van der Waals surface area contributed by atoms with E-state index in [4.69, 9.17) is 4.74 Å². The molecule has 1 aromatic rings. The molecule has 0 aliphatic rings. The molecule has 0 N–H and O–H groups in total. The fourth-order valence-corrected chi connectivity index (χ4v) is 1.41. The maximum atomic E-state index is 12.3. The standard InChI is InChI=1S/C11H12F3NO4/c1-4-18-10(16)7-8(17-3)6(2)5-15-9(7)19-11(12,13)14/h5H,4H2,1-3H3. The molecule has 0 amide bonds. The van der Waals surface area contributed by atoms with Gasteiger partial charge >= 0.3 is 12.3 Å². The second-order valence-electron chi connectivity index (χ2n) is 3.42. The summed E-state index contributed by atoms with van der Waals surface area (Å²) in [6, 6.07) is 0. The Hall–Kier alpha value is -1.99. The molecule has 0 spiro atoms. The van der Waals surface area contributed by atoms with E-state index in [0.29, 0.717) is 5.56 Å². The quantitative estimate of drug-likeness (QED) is 0.792. The third-order valence-corrected chi connectivity index (χ3v) is 2.07. The fraction of sp³-hybridized carbons (Fsp3) is 0.455. The number of rotatable bonds is 4. The van der Waals surface area contributed by atoms with Gasteiger partial charge in [-0.05, 0) is 13.8 Å². The molecule has 0 aliphatic carbocycles. The monoisotopic (exact) mass is 279 g/mol. The predicted molar refractivity (Wildman–Crippen MR) is 58.2 cm³/mol. The minimum absolute atomic E-state index is 0.00138. The van der Waals surface area contributed by atoms with Gasteiger partial charge in [0.2, 0.25) is 5.88 Å². The number of halogens is 3. The number of aryl methyl sites for hydroxylation is 1. The highest BCUT2D eigenvalue weighted by Crippen LogP contribution is 2.33. The average molecular weight is 279 g/mol. The number of carbonyl (C=O) groups is 1. The van der Waals surface area contributed by atoms with E-state index >= 15 is 0 Å². The molecule has 1 rings (SSSR count). The van der Waals surface area contributed by atoms with Gasteiger partial charge < -0.3 is 14.2 Å². The van der Waals surface area contributed by atoms with Crippen molar-refractivity contribution < 1.29 is 32.2 Å². The maximum absolute atomic E-state index is 12.3. The number of methoxy groups -OCH3 is 1. The Morgan fingerprint density at radius 3 is 2.53 bits per heavy atom. The summed E-state index contributed by atoms with van der Waals surface area (Å²) in [5, 5.41) is 0. The smallest absolute Gasteiger partial charge is 0.495 e. The molecule has 0 aromatic carbocycles. The first-order chi connectivity index (χ1) is 8.80. The number of hydrogen-bond donors (Lipinski definition) is 0. The van der Waals surface area contributed by atoms with E-state index in [1.54, 1.807) is 0 Å². The van der Waals surface area contributed by atoms with Crippen LogP contribution in [-0.2, 0) is 4.74 Å². The lowest BCUT2D eigenvalue weighted by Crippen LogP contribution is -2.21. The van der Waals surface area contributed by atoms with Gasteiger partial charge in [-0.1, -0.05) is 0 Å². The van der Waals surface area contributed by atoms with E-state index < -0.39 is 23.8 Å². The highest BCUT2D eigenvalue weighted by atomic mass is 19.4. The van der Waals surface area contributed by atoms with E-state index in [2.05, 4.69) is 14.5 Å². The van der Waals surface area contributed by atoms with Crippen molar-refractivity contribution >= 4 is 5.97 Å². The van der Waals surface area contributed by atoms with Gasteiger partial charge in [-0.3, -0.25) is 0 Å². The molecule has 1 aromatic heterocycles. The first kappa shape index (κ1) is 15.1. The Balaban J connectivity index is 3.34. The number of pyridine rings is 1. The van der Waals surface area contributed by atoms with Crippen molar-refractivity contribution in [1.82, 2.24) is 4.98 Å². The molecule has 0 atom stereocenters. The molecule has 0 radical (unpaired) electrons. The maximum Gasteiger partial charge on any atom is 0.574 e. The number of hydrogen-bond acceptors (Lipinski definition) is 5. The molecular weight excluding hydrogens is 267 g/mol. The van der Waals surface area contributed by atoms with Crippen molar-refractivity contribution in [3.05, 3.63) is 17.3 Å². The topological polar surface area (TPSA) is 57.7 Å². The lowest BCUT2D eigenvalue weighted by Gasteiger charge is -2.15. The van der Waals surface area contributed by atoms with Crippen LogP contribution in [0.25, 0.3) is 0 Å². The van der Waals surface area contributed by atoms with Gasteiger partial charge in [0.05, 0.1) is 13.7 Å². The van der Waals surface area contributed by atoms with Crippen molar-refractivity contribution in [3.63, 3.8) is 0 Å². The number of ether oxygens (including phenoxy) is 3. The zero-order valence-electron chi connectivity index (χ0n) is 10.5. The van der Waals surface area contributed by atoms with Crippen molar-refractivity contribution in [2.24, 2.45) is 0 Å². The molecule has 1 heterocycles. The van der Waals surface area contributed by atoms with Crippen molar-refractivity contribution in [2.45, 2.75) is 20.2 Å². The third kappa shape index (κ3) is 3.73. The van der Waals surface area contributed by atoms with Gasteiger partial charge in [-0.25, -0.2) is 9.78 Å². The Morgan fingerprint density at radius 2 is 2.05 bits per heavy atom. The second kappa shape index (κ2) is 5.77. The number of alkyl halides is 3. The molecule has 0 saturated heterocycles. The highest BCUT2D eigenvalue weighted by Gasteiger charge is 2.35. The van der Waals surface area contributed by atoms with Gasteiger partial charge in [-0.2, -0.15) is 0 Å². The van der Waals surface area contributed by atoms with Crippen molar-refractivity contribution in [3.8, 4) is 11.6 Å². The molecule has 8 heteroatoms. The van der Waals surface area contributed by atoms with Gasteiger partial charge in [0.15, 0.2) is 5.56 Å². The number of esters is 1. The number of aromatic nitrogens is 1. The summed E-state index contributed by atoms with van der Waals surface area (Å²) < 4.78 is 50.0. The van der Waals surface area contributed by atoms with Crippen molar-refractivity contribution in [2.75, 3.05) is 13.7 Å². The first-order valence-corrected chi connectivity index (χ1v) is 5.26. The molecule has 0 saturated carbocycles. The predicted octanol–water partition coefficient (Wildman–Crippen LogP) is 2.47. The van der Waals surface area contributed by atoms with E-state index in [0.717, 1.165) is 6.20 Å². The molecule has 5 nitrogen and oxygen atoms in total.